The topological polar surface area (TPSA) is 74.8 Å². The molecule has 0 spiro atoms. The van der Waals surface area contributed by atoms with Crippen molar-refractivity contribution in [2.24, 2.45) is 4.99 Å². The molecule has 0 saturated carbocycles. The molecule has 1 amide bonds. The quantitative estimate of drug-likeness (QED) is 0.266. The molecule has 0 aliphatic carbocycles. The Morgan fingerprint density at radius 1 is 1.00 bits per heavy atom. The number of hydrogen-bond donors (Lipinski definition) is 3. The summed E-state index contributed by atoms with van der Waals surface area (Å²) in [5.74, 6) is 0.814. The van der Waals surface area contributed by atoms with E-state index < -0.39 is 11.7 Å². The molecule has 2 aromatic carbocycles. The minimum absolute atomic E-state index is 0. The number of likely N-dealkylation sites (N-methyl/N-ethyl adjacent to an activating group) is 1. The van der Waals surface area contributed by atoms with Gasteiger partial charge in [0.15, 0.2) is 12.6 Å². The van der Waals surface area contributed by atoms with E-state index in [1.54, 1.807) is 25.2 Å². The minimum atomic E-state index is -4.37. The van der Waals surface area contributed by atoms with E-state index in [0.29, 0.717) is 30.4 Å². The molecule has 0 aliphatic rings. The summed E-state index contributed by atoms with van der Waals surface area (Å²) in [6.07, 6.45) is -4.37. The SMILES string of the molecule is CCNC(=O)COc1cccc(CNC(=NC)NCc2cccc(C(F)(F)F)c2)c1.I. The average molecular weight is 550 g/mol. The third-order valence-electron chi connectivity index (χ3n) is 4.04. The van der Waals surface area contributed by atoms with Crippen molar-refractivity contribution in [3.8, 4) is 5.75 Å². The van der Waals surface area contributed by atoms with Gasteiger partial charge < -0.3 is 20.7 Å². The molecule has 0 saturated heterocycles. The number of halogens is 4. The van der Waals surface area contributed by atoms with Gasteiger partial charge in [0.2, 0.25) is 0 Å². The Morgan fingerprint density at radius 3 is 2.19 bits per heavy atom. The van der Waals surface area contributed by atoms with Crippen LogP contribution in [0.3, 0.4) is 0 Å². The highest BCUT2D eigenvalue weighted by Crippen LogP contribution is 2.29. The van der Waals surface area contributed by atoms with Crippen LogP contribution in [-0.4, -0.2) is 32.1 Å². The van der Waals surface area contributed by atoms with Gasteiger partial charge >= 0.3 is 6.18 Å². The van der Waals surface area contributed by atoms with Crippen LogP contribution in [0.15, 0.2) is 53.5 Å². The zero-order chi connectivity index (χ0) is 22.0. The van der Waals surface area contributed by atoms with Crippen molar-refractivity contribution in [1.29, 1.82) is 0 Å². The molecule has 2 aromatic rings. The van der Waals surface area contributed by atoms with Crippen molar-refractivity contribution in [2.75, 3.05) is 20.2 Å². The summed E-state index contributed by atoms with van der Waals surface area (Å²) in [7, 11) is 1.58. The first-order valence-electron chi connectivity index (χ1n) is 9.41. The Morgan fingerprint density at radius 2 is 1.61 bits per heavy atom. The number of nitrogens with one attached hydrogen (secondary N) is 3. The van der Waals surface area contributed by atoms with E-state index in [9.17, 15) is 18.0 Å². The van der Waals surface area contributed by atoms with Crippen molar-refractivity contribution in [2.45, 2.75) is 26.2 Å². The normalized spacial score (nSPS) is 11.3. The molecule has 0 radical (unpaired) electrons. The number of benzene rings is 2. The van der Waals surface area contributed by atoms with Gasteiger partial charge in [-0.25, -0.2) is 0 Å². The summed E-state index contributed by atoms with van der Waals surface area (Å²) in [5, 5.41) is 8.74. The molecular weight excluding hydrogens is 524 g/mol. The van der Waals surface area contributed by atoms with E-state index >= 15 is 0 Å². The lowest BCUT2D eigenvalue weighted by Gasteiger charge is -2.14. The molecule has 170 valence electrons. The smallest absolute Gasteiger partial charge is 0.416 e. The van der Waals surface area contributed by atoms with Gasteiger partial charge in [-0.05, 0) is 42.3 Å². The molecular formula is C21H26F3IN4O2. The van der Waals surface area contributed by atoms with Gasteiger partial charge in [-0.15, -0.1) is 24.0 Å². The third-order valence-corrected chi connectivity index (χ3v) is 4.04. The lowest BCUT2D eigenvalue weighted by Crippen LogP contribution is -2.36. The maximum Gasteiger partial charge on any atom is 0.416 e. The number of carbonyl (C=O) groups is 1. The second kappa shape index (κ2) is 13.0. The van der Waals surface area contributed by atoms with E-state index in [4.69, 9.17) is 4.74 Å². The summed E-state index contributed by atoms with van der Waals surface area (Å²) in [6, 6.07) is 12.4. The number of carbonyl (C=O) groups excluding carboxylic acids is 1. The zero-order valence-electron chi connectivity index (χ0n) is 17.3. The summed E-state index contributed by atoms with van der Waals surface area (Å²) in [4.78, 5) is 15.6. The number of nitrogens with zero attached hydrogens (tertiary/aromatic N) is 1. The second-order valence-electron chi connectivity index (χ2n) is 6.37. The van der Waals surface area contributed by atoms with Crippen molar-refractivity contribution in [1.82, 2.24) is 16.0 Å². The van der Waals surface area contributed by atoms with Gasteiger partial charge in [0.1, 0.15) is 5.75 Å². The molecule has 0 atom stereocenters. The fourth-order valence-electron chi connectivity index (χ4n) is 2.59. The Kier molecular flexibility index (Phi) is 11.2. The maximum absolute atomic E-state index is 12.8. The molecule has 0 aliphatic heterocycles. The highest BCUT2D eigenvalue weighted by Gasteiger charge is 2.30. The van der Waals surface area contributed by atoms with Crippen molar-refractivity contribution in [3.63, 3.8) is 0 Å². The number of rotatable bonds is 8. The lowest BCUT2D eigenvalue weighted by atomic mass is 10.1. The summed E-state index contributed by atoms with van der Waals surface area (Å²) in [5.41, 5.74) is 0.702. The Balaban J connectivity index is 0.00000480. The van der Waals surface area contributed by atoms with Crippen molar-refractivity contribution < 1.29 is 22.7 Å². The molecule has 2 rings (SSSR count). The van der Waals surface area contributed by atoms with E-state index in [2.05, 4.69) is 20.9 Å². The average Bonchev–Trinajstić information content (AvgIpc) is 2.72. The minimum Gasteiger partial charge on any atom is -0.484 e. The molecule has 0 fully saturated rings. The Hall–Kier alpha value is -2.50. The van der Waals surface area contributed by atoms with Gasteiger partial charge in [-0.3, -0.25) is 9.79 Å². The standard InChI is InChI=1S/C21H25F3N4O2.HI/c1-3-26-19(29)14-30-18-9-5-7-16(11-18)13-28-20(25-2)27-12-15-6-4-8-17(10-15)21(22,23)24;/h4-11H,3,12-14H2,1-2H3,(H,26,29)(H2,25,27,28);1H. The van der Waals surface area contributed by atoms with E-state index in [1.807, 2.05) is 19.1 Å². The van der Waals surface area contributed by atoms with E-state index in [-0.39, 0.29) is 43.0 Å². The molecule has 6 nitrogen and oxygen atoms in total. The summed E-state index contributed by atoms with van der Waals surface area (Å²) in [6.45, 7) is 2.92. The Bertz CT molecular complexity index is 876. The van der Waals surface area contributed by atoms with Crippen molar-refractivity contribution in [3.05, 3.63) is 65.2 Å². The monoisotopic (exact) mass is 550 g/mol. The van der Waals surface area contributed by atoms with Crippen LogP contribution in [0.5, 0.6) is 5.75 Å². The Labute approximate surface area is 196 Å². The maximum atomic E-state index is 12.8. The number of amides is 1. The summed E-state index contributed by atoms with van der Waals surface area (Å²) < 4.78 is 43.9. The zero-order valence-corrected chi connectivity index (χ0v) is 19.6. The molecule has 3 N–H and O–H groups in total. The molecule has 0 unspecified atom stereocenters. The van der Waals surface area contributed by atoms with Crippen LogP contribution in [0.4, 0.5) is 13.2 Å². The van der Waals surface area contributed by atoms with Crippen LogP contribution in [0.1, 0.15) is 23.6 Å². The molecule has 0 heterocycles. The lowest BCUT2D eigenvalue weighted by molar-refractivity contribution is -0.137. The second-order valence-corrected chi connectivity index (χ2v) is 6.37. The predicted molar refractivity (Wildman–Crippen MR) is 125 cm³/mol. The summed E-state index contributed by atoms with van der Waals surface area (Å²) >= 11 is 0. The van der Waals surface area contributed by atoms with Crippen LogP contribution in [-0.2, 0) is 24.1 Å². The fourth-order valence-corrected chi connectivity index (χ4v) is 2.59. The molecule has 0 aromatic heterocycles. The van der Waals surface area contributed by atoms with Crippen LogP contribution >= 0.6 is 24.0 Å². The third kappa shape index (κ3) is 9.45. The largest absolute Gasteiger partial charge is 0.484 e. The number of aliphatic imine (C=N–C) groups is 1. The van der Waals surface area contributed by atoms with Gasteiger partial charge in [0, 0.05) is 26.7 Å². The van der Waals surface area contributed by atoms with E-state index in [0.717, 1.165) is 17.7 Å². The number of alkyl halides is 3. The first-order chi connectivity index (χ1) is 14.3. The van der Waals surface area contributed by atoms with Gasteiger partial charge in [-0.1, -0.05) is 24.3 Å². The van der Waals surface area contributed by atoms with Gasteiger partial charge in [-0.2, -0.15) is 13.2 Å². The first-order valence-corrected chi connectivity index (χ1v) is 9.41. The van der Waals surface area contributed by atoms with Crippen LogP contribution in [0.2, 0.25) is 0 Å². The molecule has 10 heteroatoms. The fraction of sp³-hybridized carbons (Fsp3) is 0.333. The van der Waals surface area contributed by atoms with Gasteiger partial charge in [0.25, 0.3) is 5.91 Å². The van der Waals surface area contributed by atoms with Crippen molar-refractivity contribution >= 4 is 35.8 Å². The van der Waals surface area contributed by atoms with Gasteiger partial charge in [0.05, 0.1) is 5.56 Å². The highest BCUT2D eigenvalue weighted by molar-refractivity contribution is 14.0. The number of guanidine groups is 1. The molecule has 31 heavy (non-hydrogen) atoms. The number of ether oxygens (including phenoxy) is 1. The molecule has 0 bridgehead atoms. The van der Waals surface area contributed by atoms with E-state index in [1.165, 1.54) is 6.07 Å². The number of hydrogen-bond acceptors (Lipinski definition) is 3. The van der Waals surface area contributed by atoms with Crippen LogP contribution in [0, 0.1) is 0 Å². The first kappa shape index (κ1) is 26.5. The van der Waals surface area contributed by atoms with Crippen LogP contribution < -0.4 is 20.7 Å². The predicted octanol–water partition coefficient (Wildman–Crippen LogP) is 3.70. The van der Waals surface area contributed by atoms with Crippen LogP contribution in [0.25, 0.3) is 0 Å². The highest BCUT2D eigenvalue weighted by atomic mass is 127.